The third-order valence-corrected chi connectivity index (χ3v) is 5.71. The maximum absolute atomic E-state index is 12.5. The number of nitrogens with zero attached hydrogens (tertiary/aromatic N) is 3. The molecule has 1 aromatic rings. The van der Waals surface area contributed by atoms with Crippen LogP contribution in [-0.4, -0.2) is 79.3 Å². The van der Waals surface area contributed by atoms with Crippen LogP contribution < -0.4 is 5.32 Å². The quantitative estimate of drug-likeness (QED) is 0.823. The predicted octanol–water partition coefficient (Wildman–Crippen LogP) is 3.38. The predicted molar refractivity (Wildman–Crippen MR) is 110 cm³/mol. The summed E-state index contributed by atoms with van der Waals surface area (Å²) >= 11 is 11.9. The highest BCUT2D eigenvalue weighted by Gasteiger charge is 2.26. The van der Waals surface area contributed by atoms with Crippen LogP contribution in [0.4, 0.5) is 10.5 Å². The highest BCUT2D eigenvalue weighted by Crippen LogP contribution is 2.25. The number of amides is 2. The second kappa shape index (κ2) is 9.15. The Morgan fingerprint density at radius 2 is 1.93 bits per heavy atom. The molecule has 8 heteroatoms. The van der Waals surface area contributed by atoms with Gasteiger partial charge in [0, 0.05) is 57.2 Å². The summed E-state index contributed by atoms with van der Waals surface area (Å²) in [6.45, 7) is 12.5. The lowest BCUT2D eigenvalue weighted by Gasteiger charge is -2.39. The smallest absolute Gasteiger partial charge is 0.321 e. The first-order chi connectivity index (χ1) is 12.9. The van der Waals surface area contributed by atoms with Crippen molar-refractivity contribution in [3.05, 3.63) is 40.5 Å². The molecule has 0 unspecified atom stereocenters. The Morgan fingerprint density at radius 1 is 1.19 bits per heavy atom. The fourth-order valence-electron chi connectivity index (χ4n) is 3.37. The minimum Gasteiger partial charge on any atom is -0.373 e. The van der Waals surface area contributed by atoms with Crippen LogP contribution in [0.5, 0.6) is 0 Å². The molecule has 0 bridgehead atoms. The molecule has 2 heterocycles. The van der Waals surface area contributed by atoms with Crippen LogP contribution in [-0.2, 0) is 4.74 Å². The van der Waals surface area contributed by atoms with Crippen molar-refractivity contribution in [1.29, 1.82) is 0 Å². The van der Waals surface area contributed by atoms with Gasteiger partial charge in [-0.3, -0.25) is 4.90 Å². The Balaban J connectivity index is 1.45. The molecule has 6 nitrogen and oxygen atoms in total. The average Bonchev–Trinajstić information content (AvgIpc) is 2.65. The zero-order chi connectivity index (χ0) is 19.4. The Labute approximate surface area is 170 Å². The topological polar surface area (TPSA) is 48.1 Å². The van der Waals surface area contributed by atoms with Crippen LogP contribution in [0.1, 0.15) is 6.92 Å². The first-order valence-corrected chi connectivity index (χ1v) is 9.93. The molecule has 2 fully saturated rings. The molecule has 0 aromatic heterocycles. The number of anilines is 1. The summed E-state index contributed by atoms with van der Waals surface area (Å²) in [6, 6.07) is 4.97. The van der Waals surface area contributed by atoms with Gasteiger partial charge in [-0.2, -0.15) is 0 Å². The molecular formula is C19H26Cl2N4O2. The van der Waals surface area contributed by atoms with Gasteiger partial charge >= 0.3 is 6.03 Å². The van der Waals surface area contributed by atoms with Crippen LogP contribution in [0, 0.1) is 0 Å². The van der Waals surface area contributed by atoms with Gasteiger partial charge in [0.2, 0.25) is 0 Å². The van der Waals surface area contributed by atoms with Gasteiger partial charge in [0.1, 0.15) is 0 Å². The van der Waals surface area contributed by atoms with E-state index in [4.69, 9.17) is 27.9 Å². The number of halogens is 2. The van der Waals surface area contributed by atoms with E-state index < -0.39 is 0 Å². The van der Waals surface area contributed by atoms with Crippen LogP contribution >= 0.6 is 23.2 Å². The fourth-order valence-corrected chi connectivity index (χ4v) is 3.67. The molecule has 148 valence electrons. The van der Waals surface area contributed by atoms with Crippen LogP contribution in [0.3, 0.4) is 0 Å². The van der Waals surface area contributed by atoms with Crippen molar-refractivity contribution in [2.24, 2.45) is 0 Å². The molecule has 27 heavy (non-hydrogen) atoms. The SMILES string of the molecule is C=C(C)N1CCO[C@@H](CN2CCN(C(=O)Nc3ccc(Cl)c(Cl)c3)CC2)C1. The van der Waals surface area contributed by atoms with E-state index in [1.807, 2.05) is 11.8 Å². The third kappa shape index (κ3) is 5.51. The Kier molecular flexibility index (Phi) is 6.87. The number of ether oxygens (including phenoxy) is 1. The van der Waals surface area contributed by atoms with Gasteiger partial charge in [-0.15, -0.1) is 0 Å². The lowest BCUT2D eigenvalue weighted by atomic mass is 10.2. The number of morpholine rings is 1. The largest absolute Gasteiger partial charge is 0.373 e. The molecule has 2 aliphatic heterocycles. The summed E-state index contributed by atoms with van der Waals surface area (Å²) in [6.07, 6.45) is 0.187. The normalized spacial score (nSPS) is 21.2. The number of urea groups is 1. The molecule has 0 saturated carbocycles. The van der Waals surface area contributed by atoms with Gasteiger partial charge in [-0.25, -0.2) is 4.79 Å². The summed E-state index contributed by atoms with van der Waals surface area (Å²) < 4.78 is 5.89. The fraction of sp³-hybridized carbons (Fsp3) is 0.526. The first kappa shape index (κ1) is 20.3. The molecule has 1 N–H and O–H groups in total. The van der Waals surface area contributed by atoms with Gasteiger partial charge in [-0.1, -0.05) is 29.8 Å². The second-order valence-corrected chi connectivity index (χ2v) is 7.84. The second-order valence-electron chi connectivity index (χ2n) is 7.02. The van der Waals surface area contributed by atoms with E-state index in [0.29, 0.717) is 28.8 Å². The number of carbonyl (C=O) groups is 1. The molecule has 0 aliphatic carbocycles. The number of nitrogens with one attached hydrogen (secondary N) is 1. The number of benzene rings is 1. The highest BCUT2D eigenvalue weighted by molar-refractivity contribution is 6.42. The number of rotatable bonds is 4. The third-order valence-electron chi connectivity index (χ3n) is 4.97. The summed E-state index contributed by atoms with van der Waals surface area (Å²) in [5.74, 6) is 0. The maximum atomic E-state index is 12.5. The first-order valence-electron chi connectivity index (χ1n) is 9.18. The lowest BCUT2D eigenvalue weighted by Crippen LogP contribution is -2.53. The van der Waals surface area contributed by atoms with Crippen LogP contribution in [0.15, 0.2) is 30.5 Å². The summed E-state index contributed by atoms with van der Waals surface area (Å²) in [7, 11) is 0. The van der Waals surface area contributed by atoms with Crippen molar-refractivity contribution < 1.29 is 9.53 Å². The van der Waals surface area contributed by atoms with Gasteiger partial charge in [0.05, 0.1) is 22.8 Å². The minimum atomic E-state index is -0.115. The maximum Gasteiger partial charge on any atom is 0.321 e. The lowest BCUT2D eigenvalue weighted by molar-refractivity contribution is -0.0370. The molecule has 2 saturated heterocycles. The number of piperazine rings is 1. The van der Waals surface area contributed by atoms with Crippen molar-refractivity contribution in [2.75, 3.05) is 57.7 Å². The zero-order valence-electron chi connectivity index (χ0n) is 15.6. The van der Waals surface area contributed by atoms with E-state index in [1.54, 1.807) is 18.2 Å². The standard InChI is InChI=1S/C19H26Cl2N4O2/c1-14(2)25-9-10-27-16(13-25)12-23-5-7-24(8-6-23)19(26)22-15-3-4-17(20)18(21)11-15/h3-4,11,16H,1,5-10,12-13H2,2H3,(H,22,26)/t16-/m0/s1. The number of hydrogen-bond donors (Lipinski definition) is 1. The van der Waals surface area contributed by atoms with Crippen LogP contribution in [0.2, 0.25) is 10.0 Å². The van der Waals surface area contributed by atoms with Crippen molar-refractivity contribution in [3.8, 4) is 0 Å². The molecule has 1 atom stereocenters. The Hall–Kier alpha value is -1.47. The molecule has 0 radical (unpaired) electrons. The minimum absolute atomic E-state index is 0.115. The van der Waals surface area contributed by atoms with Crippen molar-refractivity contribution >= 4 is 34.9 Å². The van der Waals surface area contributed by atoms with Crippen molar-refractivity contribution in [1.82, 2.24) is 14.7 Å². The highest BCUT2D eigenvalue weighted by atomic mass is 35.5. The zero-order valence-corrected chi connectivity index (χ0v) is 17.1. The Bertz CT molecular complexity index is 692. The number of allylic oxidation sites excluding steroid dienone is 1. The molecule has 2 aliphatic rings. The van der Waals surface area contributed by atoms with E-state index in [-0.39, 0.29) is 12.1 Å². The number of hydrogen-bond acceptors (Lipinski definition) is 4. The summed E-state index contributed by atoms with van der Waals surface area (Å²) in [4.78, 5) is 18.9. The Morgan fingerprint density at radius 3 is 2.59 bits per heavy atom. The van der Waals surface area contributed by atoms with Crippen molar-refractivity contribution in [3.63, 3.8) is 0 Å². The average molecular weight is 413 g/mol. The molecular weight excluding hydrogens is 387 g/mol. The van der Waals surface area contributed by atoms with Crippen LogP contribution in [0.25, 0.3) is 0 Å². The van der Waals surface area contributed by atoms with Gasteiger partial charge in [0.25, 0.3) is 0 Å². The van der Waals surface area contributed by atoms with E-state index in [1.165, 1.54) is 0 Å². The van der Waals surface area contributed by atoms with E-state index in [0.717, 1.165) is 45.0 Å². The molecule has 3 rings (SSSR count). The summed E-state index contributed by atoms with van der Waals surface area (Å²) in [5.41, 5.74) is 1.74. The van der Waals surface area contributed by atoms with Gasteiger partial charge in [0.15, 0.2) is 0 Å². The van der Waals surface area contributed by atoms with E-state index >= 15 is 0 Å². The van der Waals surface area contributed by atoms with E-state index in [2.05, 4.69) is 21.7 Å². The summed E-state index contributed by atoms with van der Waals surface area (Å²) in [5, 5.41) is 3.78. The monoisotopic (exact) mass is 412 g/mol. The number of carbonyl (C=O) groups excluding carboxylic acids is 1. The van der Waals surface area contributed by atoms with Crippen molar-refractivity contribution in [2.45, 2.75) is 13.0 Å². The molecule has 0 spiro atoms. The molecule has 1 aromatic carbocycles. The van der Waals surface area contributed by atoms with E-state index in [9.17, 15) is 4.79 Å². The van der Waals surface area contributed by atoms with Gasteiger partial charge < -0.3 is 19.9 Å². The molecule has 2 amide bonds. The van der Waals surface area contributed by atoms with Gasteiger partial charge in [-0.05, 0) is 25.1 Å².